The zero-order valence-corrected chi connectivity index (χ0v) is 6.62. The lowest BCUT2D eigenvalue weighted by molar-refractivity contribution is -0.407. The summed E-state index contributed by atoms with van der Waals surface area (Å²) in [6, 6.07) is -0.674. The summed E-state index contributed by atoms with van der Waals surface area (Å²) >= 11 is 0. The molecular weight excluding hydrogens is 150 g/mol. The molecule has 1 atom stereocenters. The van der Waals surface area contributed by atoms with Crippen molar-refractivity contribution in [3.8, 4) is 0 Å². The summed E-state index contributed by atoms with van der Waals surface area (Å²) in [6.45, 7) is 0. The molecule has 11 heavy (non-hydrogen) atoms. The van der Waals surface area contributed by atoms with Gasteiger partial charge in [-0.3, -0.25) is 4.79 Å². The third-order valence-corrected chi connectivity index (χ3v) is 1.18. The van der Waals surface area contributed by atoms with E-state index in [0.29, 0.717) is 0 Å². The number of hydrogen-bond donors (Lipinski definition) is 1. The van der Waals surface area contributed by atoms with E-state index in [9.17, 15) is 9.59 Å². The van der Waals surface area contributed by atoms with E-state index in [2.05, 4.69) is 15.2 Å². The fraction of sp³-hybridized carbons (Fsp3) is 0.667. The first-order valence-electron chi connectivity index (χ1n) is 3.09. The Morgan fingerprint density at radius 2 is 1.91 bits per heavy atom. The van der Waals surface area contributed by atoms with Crippen LogP contribution in [0.15, 0.2) is 0 Å². The minimum absolute atomic E-state index is 0.0385. The van der Waals surface area contributed by atoms with E-state index < -0.39 is 18.0 Å². The van der Waals surface area contributed by atoms with Crippen LogP contribution in [-0.2, 0) is 19.1 Å². The van der Waals surface area contributed by atoms with Crippen molar-refractivity contribution >= 4 is 11.9 Å². The molecule has 0 fully saturated rings. The van der Waals surface area contributed by atoms with Gasteiger partial charge in [0.2, 0.25) is 0 Å². The molecule has 0 aromatic heterocycles. The lowest BCUT2D eigenvalue weighted by atomic mass is 10.2. The van der Waals surface area contributed by atoms with Gasteiger partial charge in [0.05, 0.1) is 14.2 Å². The maximum atomic E-state index is 10.7. The van der Waals surface area contributed by atoms with E-state index in [4.69, 9.17) is 0 Å². The van der Waals surface area contributed by atoms with Gasteiger partial charge in [0.1, 0.15) is 6.42 Å². The fourth-order valence-electron chi connectivity index (χ4n) is 0.535. The first kappa shape index (κ1) is 9.90. The summed E-state index contributed by atoms with van der Waals surface area (Å²) in [6.07, 6.45) is -0.0385. The molecule has 0 aromatic rings. The zero-order chi connectivity index (χ0) is 8.85. The number of rotatable bonds is 3. The van der Waals surface area contributed by atoms with Crippen LogP contribution in [0.25, 0.3) is 0 Å². The Bertz CT molecular complexity index is 157. The van der Waals surface area contributed by atoms with E-state index in [1.165, 1.54) is 14.2 Å². The maximum absolute atomic E-state index is 10.7. The predicted octanol–water partition coefficient (Wildman–Crippen LogP) is -1.67. The number of ether oxygens (including phenoxy) is 2. The second-order valence-corrected chi connectivity index (χ2v) is 2.00. The zero-order valence-electron chi connectivity index (χ0n) is 6.62. The van der Waals surface area contributed by atoms with Gasteiger partial charge in [-0.25, -0.2) is 4.79 Å². The largest absolute Gasteiger partial charge is 0.469 e. The van der Waals surface area contributed by atoms with Crippen molar-refractivity contribution in [3.63, 3.8) is 0 Å². The highest BCUT2D eigenvalue weighted by molar-refractivity contribution is 5.81. The summed E-state index contributed by atoms with van der Waals surface area (Å²) < 4.78 is 8.68. The van der Waals surface area contributed by atoms with Crippen LogP contribution in [0.1, 0.15) is 6.42 Å². The topological polar surface area (TPSA) is 80.2 Å². The van der Waals surface area contributed by atoms with Crippen molar-refractivity contribution in [1.29, 1.82) is 0 Å². The SMILES string of the molecule is COC(=O)C[C@H]([NH3+])C(=O)OC. The first-order valence-corrected chi connectivity index (χ1v) is 3.09. The number of methoxy groups -OCH3 is 2. The molecule has 0 aliphatic carbocycles. The number of carbonyl (C=O) groups excluding carboxylic acids is 2. The third kappa shape index (κ3) is 3.57. The number of carbonyl (C=O) groups is 2. The van der Waals surface area contributed by atoms with Crippen LogP contribution in [0.4, 0.5) is 0 Å². The Balaban J connectivity index is 3.77. The quantitative estimate of drug-likeness (QED) is 0.503. The van der Waals surface area contributed by atoms with Gasteiger partial charge in [-0.2, -0.15) is 0 Å². The number of quaternary nitrogens is 1. The second-order valence-electron chi connectivity index (χ2n) is 2.00. The molecule has 0 amide bonds. The molecule has 0 bridgehead atoms. The normalized spacial score (nSPS) is 11.9. The molecule has 3 N–H and O–H groups in total. The van der Waals surface area contributed by atoms with Crippen molar-refractivity contribution in [2.24, 2.45) is 0 Å². The number of esters is 2. The van der Waals surface area contributed by atoms with E-state index >= 15 is 0 Å². The van der Waals surface area contributed by atoms with Crippen molar-refractivity contribution in [2.45, 2.75) is 12.5 Å². The van der Waals surface area contributed by atoms with Gasteiger partial charge in [-0.1, -0.05) is 0 Å². The molecule has 0 radical (unpaired) electrons. The average Bonchev–Trinajstić information content (AvgIpc) is 2.02. The lowest BCUT2D eigenvalue weighted by Crippen LogP contribution is -2.65. The Kier molecular flexibility index (Phi) is 4.21. The summed E-state index contributed by atoms with van der Waals surface area (Å²) in [7, 11) is 2.50. The summed E-state index contributed by atoms with van der Waals surface area (Å²) in [5.74, 6) is -0.967. The first-order chi connectivity index (χ1) is 5.11. The average molecular weight is 162 g/mol. The number of hydrogen-bond acceptors (Lipinski definition) is 4. The molecule has 5 heteroatoms. The van der Waals surface area contributed by atoms with Gasteiger partial charge < -0.3 is 15.2 Å². The van der Waals surface area contributed by atoms with Crippen LogP contribution in [0.3, 0.4) is 0 Å². The van der Waals surface area contributed by atoms with Crippen molar-refractivity contribution in [3.05, 3.63) is 0 Å². The molecule has 0 saturated carbocycles. The second kappa shape index (κ2) is 4.68. The molecule has 0 saturated heterocycles. The highest BCUT2D eigenvalue weighted by Gasteiger charge is 2.21. The van der Waals surface area contributed by atoms with Crippen LogP contribution in [0, 0.1) is 0 Å². The van der Waals surface area contributed by atoms with Crippen molar-refractivity contribution < 1.29 is 24.8 Å². The van der Waals surface area contributed by atoms with Crippen LogP contribution in [-0.4, -0.2) is 32.2 Å². The van der Waals surface area contributed by atoms with Gasteiger partial charge in [-0.05, 0) is 0 Å². The van der Waals surface area contributed by atoms with Gasteiger partial charge in [0, 0.05) is 0 Å². The van der Waals surface area contributed by atoms with E-state index in [-0.39, 0.29) is 6.42 Å². The third-order valence-electron chi connectivity index (χ3n) is 1.18. The van der Waals surface area contributed by atoms with Crippen molar-refractivity contribution in [1.82, 2.24) is 0 Å². The monoisotopic (exact) mass is 162 g/mol. The predicted molar refractivity (Wildman–Crippen MR) is 35.3 cm³/mol. The summed E-state index contributed by atoms with van der Waals surface area (Å²) in [5.41, 5.74) is 3.42. The maximum Gasteiger partial charge on any atom is 0.365 e. The van der Waals surface area contributed by atoms with Crippen LogP contribution < -0.4 is 5.73 Å². The van der Waals surface area contributed by atoms with Crippen LogP contribution in [0.2, 0.25) is 0 Å². The van der Waals surface area contributed by atoms with Gasteiger partial charge in [0.15, 0.2) is 6.04 Å². The minimum atomic E-state index is -0.674. The summed E-state index contributed by atoms with van der Waals surface area (Å²) in [4.78, 5) is 21.2. The molecule has 0 heterocycles. The Morgan fingerprint density at radius 1 is 1.36 bits per heavy atom. The highest BCUT2D eigenvalue weighted by atomic mass is 16.5. The minimum Gasteiger partial charge on any atom is -0.469 e. The Morgan fingerprint density at radius 3 is 2.27 bits per heavy atom. The van der Waals surface area contributed by atoms with Gasteiger partial charge in [-0.15, -0.1) is 0 Å². The van der Waals surface area contributed by atoms with Crippen LogP contribution in [0.5, 0.6) is 0 Å². The van der Waals surface area contributed by atoms with Gasteiger partial charge >= 0.3 is 11.9 Å². The van der Waals surface area contributed by atoms with E-state index in [1.54, 1.807) is 0 Å². The molecule has 0 aromatic carbocycles. The molecule has 0 aliphatic rings. The summed E-state index contributed by atoms with van der Waals surface area (Å²) in [5, 5.41) is 0. The fourth-order valence-corrected chi connectivity index (χ4v) is 0.535. The van der Waals surface area contributed by atoms with Gasteiger partial charge in [0.25, 0.3) is 0 Å². The molecule has 0 spiro atoms. The van der Waals surface area contributed by atoms with E-state index in [0.717, 1.165) is 0 Å². The van der Waals surface area contributed by atoms with E-state index in [1.807, 2.05) is 0 Å². The molecule has 0 rings (SSSR count). The Hall–Kier alpha value is -1.10. The van der Waals surface area contributed by atoms with Crippen molar-refractivity contribution in [2.75, 3.05) is 14.2 Å². The molecule has 5 nitrogen and oxygen atoms in total. The lowest BCUT2D eigenvalue weighted by Gasteiger charge is -2.03. The molecule has 64 valence electrons. The smallest absolute Gasteiger partial charge is 0.365 e. The van der Waals surface area contributed by atoms with Crippen LogP contribution >= 0.6 is 0 Å². The standard InChI is InChI=1S/C6H11NO4/c1-10-5(8)3-4(7)6(9)11-2/h4H,3,7H2,1-2H3/p+1/t4-/m0/s1. The molecule has 0 unspecified atom stereocenters. The Labute approximate surface area is 64.5 Å². The molecule has 0 aliphatic heterocycles. The molecular formula is C6H12NO4+. The highest BCUT2D eigenvalue weighted by Crippen LogP contribution is 1.90.